The van der Waals surface area contributed by atoms with Crippen LogP contribution in [0, 0.1) is 0 Å². The van der Waals surface area contributed by atoms with Gasteiger partial charge >= 0.3 is 5.97 Å². The van der Waals surface area contributed by atoms with Crippen LogP contribution in [0.1, 0.15) is 5.56 Å². The fraction of sp³-hybridized carbons (Fsp3) is 0.417. The first-order valence-corrected chi connectivity index (χ1v) is 5.19. The Hall–Kier alpha value is -1.55. The molecular weight excluding hydrogens is 206 g/mol. The van der Waals surface area contributed by atoms with Crippen LogP contribution in [-0.4, -0.2) is 37.7 Å². The predicted octanol–water partition coefficient (Wildman–Crippen LogP) is 1.05. The van der Waals surface area contributed by atoms with E-state index in [2.05, 4.69) is 9.64 Å². The van der Waals surface area contributed by atoms with Gasteiger partial charge in [0.2, 0.25) is 0 Å². The maximum absolute atomic E-state index is 11.2. The predicted molar refractivity (Wildman–Crippen MR) is 59.2 cm³/mol. The molecule has 0 bridgehead atoms. The second-order valence-electron chi connectivity index (χ2n) is 3.82. The molecule has 2 rings (SSSR count). The Balaban J connectivity index is 1.89. The fourth-order valence-corrected chi connectivity index (χ4v) is 1.67. The molecule has 0 radical (unpaired) electrons. The number of hydrogen-bond donors (Lipinski definition) is 0. The zero-order valence-corrected chi connectivity index (χ0v) is 9.47. The van der Waals surface area contributed by atoms with E-state index in [-0.39, 0.29) is 12.0 Å². The highest BCUT2D eigenvalue weighted by Gasteiger charge is 2.40. The van der Waals surface area contributed by atoms with Crippen molar-refractivity contribution in [2.75, 3.05) is 20.8 Å². The van der Waals surface area contributed by atoms with Crippen LogP contribution in [0.2, 0.25) is 0 Å². The van der Waals surface area contributed by atoms with E-state index in [0.717, 1.165) is 18.8 Å². The number of ether oxygens (including phenoxy) is 2. The molecule has 1 aromatic rings. The lowest BCUT2D eigenvalue weighted by molar-refractivity contribution is -0.140. The largest absolute Gasteiger partial charge is 0.497 e. The topological polar surface area (TPSA) is 38.5 Å². The van der Waals surface area contributed by atoms with Gasteiger partial charge in [0.1, 0.15) is 11.8 Å². The lowest BCUT2D eigenvalue weighted by Crippen LogP contribution is -2.14. The molecule has 0 aromatic heterocycles. The highest BCUT2D eigenvalue weighted by molar-refractivity contribution is 5.78. The first-order valence-electron chi connectivity index (χ1n) is 5.19. The third-order valence-corrected chi connectivity index (χ3v) is 2.73. The Kier molecular flexibility index (Phi) is 3.10. The number of rotatable bonds is 4. The van der Waals surface area contributed by atoms with Crippen LogP contribution in [0.3, 0.4) is 0 Å². The number of esters is 1. The van der Waals surface area contributed by atoms with E-state index in [1.54, 1.807) is 7.11 Å². The smallest absolute Gasteiger partial charge is 0.324 e. The molecular formula is C12H15NO3. The molecule has 0 N–H and O–H groups in total. The van der Waals surface area contributed by atoms with Crippen molar-refractivity contribution in [3.05, 3.63) is 29.8 Å². The van der Waals surface area contributed by atoms with Crippen LogP contribution in [0.4, 0.5) is 0 Å². The highest BCUT2D eigenvalue weighted by Crippen LogP contribution is 2.23. The second kappa shape index (κ2) is 4.53. The molecule has 16 heavy (non-hydrogen) atoms. The van der Waals surface area contributed by atoms with Crippen LogP contribution in [0.25, 0.3) is 0 Å². The standard InChI is InChI=1S/C12H15NO3/c1-15-10-5-3-9(4-6-10)7-13-8-11(13)12(14)16-2/h3-6,11H,7-8H2,1-2H3/t11-,13?/m0/s1. The van der Waals surface area contributed by atoms with E-state index in [1.807, 2.05) is 24.3 Å². The first-order chi connectivity index (χ1) is 7.74. The molecule has 1 aliphatic rings. The zero-order valence-electron chi connectivity index (χ0n) is 9.47. The van der Waals surface area contributed by atoms with Crippen LogP contribution in [0.15, 0.2) is 24.3 Å². The summed E-state index contributed by atoms with van der Waals surface area (Å²) in [6.07, 6.45) is 0. The summed E-state index contributed by atoms with van der Waals surface area (Å²) in [6.45, 7) is 1.57. The average Bonchev–Trinajstić information content (AvgIpc) is 3.08. The van der Waals surface area contributed by atoms with Gasteiger partial charge in [-0.2, -0.15) is 0 Å². The molecule has 0 saturated carbocycles. The Morgan fingerprint density at radius 1 is 1.38 bits per heavy atom. The number of benzene rings is 1. The third kappa shape index (κ3) is 2.33. The lowest BCUT2D eigenvalue weighted by Gasteiger charge is -2.04. The lowest BCUT2D eigenvalue weighted by atomic mass is 10.2. The van der Waals surface area contributed by atoms with E-state index in [9.17, 15) is 4.79 Å². The molecule has 1 saturated heterocycles. The molecule has 4 heteroatoms. The molecule has 0 aliphatic carbocycles. The number of methoxy groups -OCH3 is 2. The Morgan fingerprint density at radius 3 is 2.62 bits per heavy atom. The Labute approximate surface area is 94.8 Å². The molecule has 1 fully saturated rings. The molecule has 1 unspecified atom stereocenters. The number of hydrogen-bond acceptors (Lipinski definition) is 4. The van der Waals surface area contributed by atoms with Crippen molar-refractivity contribution in [2.45, 2.75) is 12.6 Å². The van der Waals surface area contributed by atoms with Crippen molar-refractivity contribution in [3.63, 3.8) is 0 Å². The van der Waals surface area contributed by atoms with Crippen molar-refractivity contribution < 1.29 is 14.3 Å². The van der Waals surface area contributed by atoms with E-state index in [0.29, 0.717) is 0 Å². The summed E-state index contributed by atoms with van der Waals surface area (Å²) in [5, 5.41) is 0. The van der Waals surface area contributed by atoms with Crippen molar-refractivity contribution in [1.29, 1.82) is 0 Å². The summed E-state index contributed by atoms with van der Waals surface area (Å²) in [7, 11) is 3.07. The SMILES string of the molecule is COC(=O)[C@@H]1CN1Cc1ccc(OC)cc1. The summed E-state index contributed by atoms with van der Waals surface area (Å²) >= 11 is 0. The molecule has 86 valence electrons. The van der Waals surface area contributed by atoms with Gasteiger partial charge in [-0.25, -0.2) is 0 Å². The minimum absolute atomic E-state index is 0.0490. The first kappa shape index (κ1) is 11.0. The molecule has 1 aliphatic heterocycles. The quantitative estimate of drug-likeness (QED) is 0.562. The van der Waals surface area contributed by atoms with Crippen molar-refractivity contribution in [1.82, 2.24) is 4.90 Å². The van der Waals surface area contributed by atoms with E-state index >= 15 is 0 Å². The van der Waals surface area contributed by atoms with Crippen molar-refractivity contribution in [3.8, 4) is 5.75 Å². The van der Waals surface area contributed by atoms with Gasteiger partial charge in [0.15, 0.2) is 0 Å². The average molecular weight is 221 g/mol. The summed E-state index contributed by atoms with van der Waals surface area (Å²) < 4.78 is 9.76. The summed E-state index contributed by atoms with van der Waals surface area (Å²) in [5.74, 6) is 0.701. The van der Waals surface area contributed by atoms with Crippen LogP contribution in [0.5, 0.6) is 5.75 Å². The maximum Gasteiger partial charge on any atom is 0.324 e. The molecule has 0 amide bonds. The van der Waals surface area contributed by atoms with Gasteiger partial charge in [0.05, 0.1) is 14.2 Å². The number of nitrogens with zero attached hydrogens (tertiary/aromatic N) is 1. The van der Waals surface area contributed by atoms with Gasteiger partial charge in [0, 0.05) is 13.1 Å². The molecule has 0 spiro atoms. The molecule has 1 aromatic carbocycles. The summed E-state index contributed by atoms with van der Waals surface area (Å²) in [4.78, 5) is 13.3. The van der Waals surface area contributed by atoms with Crippen LogP contribution < -0.4 is 4.74 Å². The third-order valence-electron chi connectivity index (χ3n) is 2.73. The minimum Gasteiger partial charge on any atom is -0.497 e. The number of carbonyl (C=O) groups excluding carboxylic acids is 1. The maximum atomic E-state index is 11.2. The van der Waals surface area contributed by atoms with E-state index in [1.165, 1.54) is 12.7 Å². The van der Waals surface area contributed by atoms with Gasteiger partial charge in [-0.3, -0.25) is 9.69 Å². The van der Waals surface area contributed by atoms with Crippen molar-refractivity contribution in [2.24, 2.45) is 0 Å². The van der Waals surface area contributed by atoms with Gasteiger partial charge < -0.3 is 9.47 Å². The summed E-state index contributed by atoms with van der Waals surface area (Å²) in [6, 6.07) is 7.81. The van der Waals surface area contributed by atoms with Crippen LogP contribution >= 0.6 is 0 Å². The van der Waals surface area contributed by atoms with Gasteiger partial charge in [0.25, 0.3) is 0 Å². The van der Waals surface area contributed by atoms with E-state index in [4.69, 9.17) is 4.74 Å². The van der Waals surface area contributed by atoms with E-state index < -0.39 is 0 Å². The fourth-order valence-electron chi connectivity index (χ4n) is 1.67. The molecule has 1 heterocycles. The molecule has 4 nitrogen and oxygen atoms in total. The Bertz CT molecular complexity index is 374. The van der Waals surface area contributed by atoms with Crippen molar-refractivity contribution >= 4 is 5.97 Å². The highest BCUT2D eigenvalue weighted by atomic mass is 16.5. The van der Waals surface area contributed by atoms with Gasteiger partial charge in [-0.15, -0.1) is 0 Å². The Morgan fingerprint density at radius 2 is 2.06 bits per heavy atom. The molecule has 2 atom stereocenters. The minimum atomic E-state index is -0.145. The monoisotopic (exact) mass is 221 g/mol. The van der Waals surface area contributed by atoms with Gasteiger partial charge in [-0.05, 0) is 17.7 Å². The normalized spacial score (nSPS) is 22.6. The van der Waals surface area contributed by atoms with Crippen LogP contribution in [-0.2, 0) is 16.1 Å². The number of carbonyl (C=O) groups is 1. The summed E-state index contributed by atoms with van der Waals surface area (Å²) in [5.41, 5.74) is 1.17. The second-order valence-corrected chi connectivity index (χ2v) is 3.82. The zero-order chi connectivity index (χ0) is 11.5. The van der Waals surface area contributed by atoms with Gasteiger partial charge in [-0.1, -0.05) is 12.1 Å².